The van der Waals surface area contributed by atoms with Crippen LogP contribution in [-0.2, 0) is 10.1 Å². The van der Waals surface area contributed by atoms with Gasteiger partial charge in [0, 0.05) is 30.6 Å². The summed E-state index contributed by atoms with van der Waals surface area (Å²) < 4.78 is 5.60. The minimum Gasteiger partial charge on any atom is -0.371 e. The van der Waals surface area contributed by atoms with E-state index < -0.39 is 0 Å². The molecule has 1 saturated heterocycles. The van der Waals surface area contributed by atoms with Gasteiger partial charge in [-0.15, -0.1) is 0 Å². The maximum Gasteiger partial charge on any atom is 0.270 e. The van der Waals surface area contributed by atoms with Crippen LogP contribution in [0.25, 0.3) is 0 Å². The molecule has 0 aliphatic carbocycles. The Labute approximate surface area is 107 Å². The van der Waals surface area contributed by atoms with E-state index in [1.807, 2.05) is 6.07 Å². The Bertz CT molecular complexity index is 419. The molecular formula is C11H13BrN2O3. The zero-order chi connectivity index (χ0) is 12.3. The van der Waals surface area contributed by atoms with Crippen LogP contribution in [0.1, 0.15) is 17.2 Å². The van der Waals surface area contributed by atoms with Gasteiger partial charge >= 0.3 is 0 Å². The van der Waals surface area contributed by atoms with Crippen molar-refractivity contribution in [3.63, 3.8) is 0 Å². The first-order chi connectivity index (χ1) is 8.20. The summed E-state index contributed by atoms with van der Waals surface area (Å²) in [5.41, 5.74) is 1.87. The lowest BCUT2D eigenvalue weighted by atomic mass is 10.0. The second-order valence-electron chi connectivity index (χ2n) is 3.89. The van der Waals surface area contributed by atoms with Gasteiger partial charge < -0.3 is 10.1 Å². The van der Waals surface area contributed by atoms with Crippen molar-refractivity contribution in [2.24, 2.45) is 0 Å². The monoisotopic (exact) mass is 300 g/mol. The lowest BCUT2D eigenvalue weighted by Gasteiger charge is -2.24. The molecule has 2 rings (SSSR count). The number of nitrogens with zero attached hydrogens (tertiary/aromatic N) is 1. The van der Waals surface area contributed by atoms with Crippen LogP contribution < -0.4 is 5.32 Å². The Balaban J connectivity index is 2.31. The van der Waals surface area contributed by atoms with Crippen molar-refractivity contribution in [3.8, 4) is 0 Å². The first-order valence-corrected chi connectivity index (χ1v) is 6.49. The highest BCUT2D eigenvalue weighted by Gasteiger charge is 2.19. The van der Waals surface area contributed by atoms with E-state index in [0.717, 1.165) is 17.7 Å². The van der Waals surface area contributed by atoms with Gasteiger partial charge in [0.05, 0.1) is 17.6 Å². The molecule has 6 heteroatoms. The SMILES string of the molecule is O=[N+]([O-])c1cc(CBr)cc(C2CNCCO2)c1. The van der Waals surface area contributed by atoms with Crippen LogP contribution in [0.5, 0.6) is 0 Å². The van der Waals surface area contributed by atoms with Gasteiger partial charge in [0.2, 0.25) is 0 Å². The smallest absolute Gasteiger partial charge is 0.270 e. The largest absolute Gasteiger partial charge is 0.371 e. The Kier molecular flexibility index (Phi) is 4.09. The molecule has 1 aromatic rings. The van der Waals surface area contributed by atoms with Crippen LogP contribution in [0.15, 0.2) is 18.2 Å². The highest BCUT2D eigenvalue weighted by Crippen LogP contribution is 2.26. The highest BCUT2D eigenvalue weighted by molar-refractivity contribution is 9.08. The molecule has 17 heavy (non-hydrogen) atoms. The van der Waals surface area contributed by atoms with Crippen LogP contribution >= 0.6 is 15.9 Å². The fourth-order valence-corrected chi connectivity index (χ4v) is 2.17. The molecule has 1 aliphatic rings. The third kappa shape index (κ3) is 3.02. The molecule has 1 heterocycles. The Morgan fingerprint density at radius 2 is 2.35 bits per heavy atom. The molecule has 0 radical (unpaired) electrons. The molecule has 0 saturated carbocycles. The van der Waals surface area contributed by atoms with E-state index in [4.69, 9.17) is 4.74 Å². The molecule has 1 aromatic carbocycles. The van der Waals surface area contributed by atoms with Gasteiger partial charge in [-0.3, -0.25) is 10.1 Å². The van der Waals surface area contributed by atoms with Crippen molar-refractivity contribution >= 4 is 21.6 Å². The fraction of sp³-hybridized carbons (Fsp3) is 0.455. The molecule has 0 spiro atoms. The minimum absolute atomic E-state index is 0.0959. The second kappa shape index (κ2) is 5.57. The summed E-state index contributed by atoms with van der Waals surface area (Å²) in [6.45, 7) is 2.16. The molecular weight excluding hydrogens is 288 g/mol. The highest BCUT2D eigenvalue weighted by atomic mass is 79.9. The van der Waals surface area contributed by atoms with Gasteiger partial charge in [-0.1, -0.05) is 22.0 Å². The number of nitro groups is 1. The first-order valence-electron chi connectivity index (χ1n) is 5.37. The van der Waals surface area contributed by atoms with Crippen LogP contribution in [0, 0.1) is 10.1 Å². The van der Waals surface area contributed by atoms with Crippen molar-refractivity contribution in [2.75, 3.05) is 19.7 Å². The minimum atomic E-state index is -0.369. The molecule has 0 bridgehead atoms. The molecule has 0 aromatic heterocycles. The van der Waals surface area contributed by atoms with Crippen molar-refractivity contribution in [3.05, 3.63) is 39.4 Å². The first kappa shape index (κ1) is 12.5. The third-order valence-electron chi connectivity index (χ3n) is 2.66. The molecule has 1 fully saturated rings. The molecule has 1 aliphatic heterocycles. The third-order valence-corrected chi connectivity index (χ3v) is 3.31. The van der Waals surface area contributed by atoms with Crippen LogP contribution in [0.4, 0.5) is 5.69 Å². The summed E-state index contributed by atoms with van der Waals surface area (Å²) in [6.07, 6.45) is -0.0959. The van der Waals surface area contributed by atoms with Gasteiger partial charge in [-0.05, 0) is 11.1 Å². The maximum absolute atomic E-state index is 10.8. The standard InChI is InChI=1S/C11H13BrN2O3/c12-6-8-3-9(5-10(4-8)14(15)16)11-7-13-1-2-17-11/h3-5,11,13H,1-2,6-7H2. The number of morpholine rings is 1. The number of alkyl halides is 1. The van der Waals surface area contributed by atoms with E-state index >= 15 is 0 Å². The van der Waals surface area contributed by atoms with E-state index in [2.05, 4.69) is 21.2 Å². The second-order valence-corrected chi connectivity index (χ2v) is 4.45. The summed E-state index contributed by atoms with van der Waals surface area (Å²) >= 11 is 3.32. The quantitative estimate of drug-likeness (QED) is 0.528. The predicted octanol–water partition coefficient (Wildman–Crippen LogP) is 2.15. The topological polar surface area (TPSA) is 64.4 Å². The van der Waals surface area contributed by atoms with E-state index in [9.17, 15) is 10.1 Å². The Hall–Kier alpha value is -0.980. The maximum atomic E-state index is 10.8. The van der Waals surface area contributed by atoms with Gasteiger partial charge in [0.25, 0.3) is 5.69 Å². The molecule has 92 valence electrons. The predicted molar refractivity (Wildman–Crippen MR) is 67.3 cm³/mol. The fourth-order valence-electron chi connectivity index (χ4n) is 1.85. The molecule has 1 unspecified atom stereocenters. The number of non-ortho nitro benzene ring substituents is 1. The normalized spacial score (nSPS) is 20.2. The number of ether oxygens (including phenoxy) is 1. The number of halogens is 1. The number of rotatable bonds is 3. The van der Waals surface area contributed by atoms with E-state index in [1.165, 1.54) is 0 Å². The van der Waals surface area contributed by atoms with Crippen LogP contribution in [-0.4, -0.2) is 24.6 Å². The molecule has 5 nitrogen and oxygen atoms in total. The van der Waals surface area contributed by atoms with Crippen LogP contribution in [0.2, 0.25) is 0 Å². The average molecular weight is 301 g/mol. The van der Waals surface area contributed by atoms with Crippen molar-refractivity contribution in [1.82, 2.24) is 5.32 Å². The zero-order valence-corrected chi connectivity index (χ0v) is 10.8. The van der Waals surface area contributed by atoms with Crippen molar-refractivity contribution in [1.29, 1.82) is 0 Å². The number of hydrogen-bond donors (Lipinski definition) is 1. The summed E-state index contributed by atoms with van der Waals surface area (Å²) in [5, 5.41) is 14.6. The lowest BCUT2D eigenvalue weighted by molar-refractivity contribution is -0.385. The molecule has 1 N–H and O–H groups in total. The van der Waals surface area contributed by atoms with Gasteiger partial charge in [-0.25, -0.2) is 0 Å². The summed E-state index contributed by atoms with van der Waals surface area (Å²) in [7, 11) is 0. The zero-order valence-electron chi connectivity index (χ0n) is 9.19. The average Bonchev–Trinajstić information content (AvgIpc) is 2.39. The van der Waals surface area contributed by atoms with Crippen LogP contribution in [0.3, 0.4) is 0 Å². The Morgan fingerprint density at radius 3 is 2.94 bits per heavy atom. The lowest BCUT2D eigenvalue weighted by Crippen LogP contribution is -2.33. The summed E-state index contributed by atoms with van der Waals surface area (Å²) in [4.78, 5) is 10.5. The number of nitro benzene ring substituents is 1. The van der Waals surface area contributed by atoms with E-state index in [1.54, 1.807) is 12.1 Å². The van der Waals surface area contributed by atoms with Crippen molar-refractivity contribution in [2.45, 2.75) is 11.4 Å². The number of benzene rings is 1. The number of hydrogen-bond acceptors (Lipinski definition) is 4. The summed E-state index contributed by atoms with van der Waals surface area (Å²) in [6, 6.07) is 5.11. The van der Waals surface area contributed by atoms with E-state index in [0.29, 0.717) is 18.5 Å². The van der Waals surface area contributed by atoms with Gasteiger partial charge in [0.1, 0.15) is 0 Å². The molecule has 0 amide bonds. The van der Waals surface area contributed by atoms with Gasteiger partial charge in [0.15, 0.2) is 0 Å². The molecule has 1 atom stereocenters. The summed E-state index contributed by atoms with van der Waals surface area (Å²) in [5.74, 6) is 0. The van der Waals surface area contributed by atoms with Gasteiger partial charge in [-0.2, -0.15) is 0 Å². The number of nitrogens with one attached hydrogen (secondary N) is 1. The van der Waals surface area contributed by atoms with Crippen molar-refractivity contribution < 1.29 is 9.66 Å². The Morgan fingerprint density at radius 1 is 1.53 bits per heavy atom. The van der Waals surface area contributed by atoms with E-state index in [-0.39, 0.29) is 16.7 Å².